The first kappa shape index (κ1) is 13.7. The number of carbonyl (C=O) groups is 1. The van der Waals surface area contributed by atoms with Gasteiger partial charge in [-0.3, -0.25) is 4.79 Å². The fraction of sp³-hybridized carbons (Fsp3) is 0.500. The van der Waals surface area contributed by atoms with Gasteiger partial charge >= 0.3 is 0 Å². The second-order valence-electron chi connectivity index (χ2n) is 4.19. The molecule has 1 rings (SSSR count). The molecule has 0 fully saturated rings. The lowest BCUT2D eigenvalue weighted by atomic mass is 10.1. The Kier molecular flexibility index (Phi) is 5.70. The molecule has 0 aliphatic heterocycles. The minimum atomic E-state index is -0.0794. The van der Waals surface area contributed by atoms with E-state index in [0.717, 1.165) is 12.0 Å². The van der Waals surface area contributed by atoms with Gasteiger partial charge in [-0.1, -0.05) is 44.2 Å². The lowest BCUT2D eigenvalue weighted by Gasteiger charge is -2.18. The number of ether oxygens (including phenoxy) is 1. The van der Waals surface area contributed by atoms with E-state index in [1.807, 2.05) is 44.2 Å². The van der Waals surface area contributed by atoms with Crippen LogP contribution in [0.4, 0.5) is 0 Å². The van der Waals surface area contributed by atoms with E-state index >= 15 is 0 Å². The summed E-state index contributed by atoms with van der Waals surface area (Å²) < 4.78 is 5.39. The third-order valence-corrected chi connectivity index (χ3v) is 2.98. The van der Waals surface area contributed by atoms with Crippen molar-refractivity contribution in [2.75, 3.05) is 13.7 Å². The van der Waals surface area contributed by atoms with E-state index in [9.17, 15) is 4.79 Å². The van der Waals surface area contributed by atoms with Crippen LogP contribution < -0.4 is 5.32 Å². The number of hydrogen-bond acceptors (Lipinski definition) is 2. The van der Waals surface area contributed by atoms with Crippen LogP contribution in [-0.4, -0.2) is 19.6 Å². The van der Waals surface area contributed by atoms with Gasteiger partial charge in [-0.25, -0.2) is 0 Å². The number of methoxy groups -OCH3 is 1. The Labute approximate surface area is 103 Å². The predicted octanol–water partition coefficient (Wildman–Crippen LogP) is 2.54. The summed E-state index contributed by atoms with van der Waals surface area (Å²) in [4.78, 5) is 11.7. The molecule has 17 heavy (non-hydrogen) atoms. The number of nitrogens with one attached hydrogen (secondary N) is 1. The van der Waals surface area contributed by atoms with Gasteiger partial charge in [0.05, 0.1) is 6.10 Å². The van der Waals surface area contributed by atoms with Gasteiger partial charge in [0.1, 0.15) is 0 Å². The van der Waals surface area contributed by atoms with Crippen LogP contribution in [0.15, 0.2) is 30.3 Å². The van der Waals surface area contributed by atoms with Crippen LogP contribution in [0, 0.1) is 5.92 Å². The van der Waals surface area contributed by atoms with Gasteiger partial charge in [0.25, 0.3) is 0 Å². The Morgan fingerprint density at radius 1 is 1.35 bits per heavy atom. The highest BCUT2D eigenvalue weighted by atomic mass is 16.5. The van der Waals surface area contributed by atoms with E-state index in [1.54, 1.807) is 7.11 Å². The van der Waals surface area contributed by atoms with Crippen molar-refractivity contribution in [1.82, 2.24) is 5.32 Å². The molecular formula is C14H21NO2. The highest BCUT2D eigenvalue weighted by molar-refractivity contribution is 5.78. The van der Waals surface area contributed by atoms with Gasteiger partial charge in [-0.05, 0) is 12.0 Å². The Bertz CT molecular complexity index is 337. The Morgan fingerprint density at radius 2 is 2.00 bits per heavy atom. The van der Waals surface area contributed by atoms with Crippen LogP contribution in [0.2, 0.25) is 0 Å². The van der Waals surface area contributed by atoms with Gasteiger partial charge in [-0.15, -0.1) is 0 Å². The second-order valence-corrected chi connectivity index (χ2v) is 4.19. The van der Waals surface area contributed by atoms with Crippen molar-refractivity contribution in [3.05, 3.63) is 35.9 Å². The normalized spacial score (nSPS) is 14.1. The number of hydrogen-bond donors (Lipinski definition) is 1. The maximum atomic E-state index is 11.7. The van der Waals surface area contributed by atoms with E-state index in [2.05, 4.69) is 5.32 Å². The summed E-state index contributed by atoms with van der Waals surface area (Å²) in [7, 11) is 1.66. The second kappa shape index (κ2) is 7.07. The summed E-state index contributed by atoms with van der Waals surface area (Å²) in [5.41, 5.74) is 1.08. The van der Waals surface area contributed by atoms with Crippen molar-refractivity contribution >= 4 is 5.91 Å². The van der Waals surface area contributed by atoms with E-state index in [1.165, 1.54) is 0 Å². The van der Waals surface area contributed by atoms with Crippen molar-refractivity contribution < 1.29 is 9.53 Å². The number of carbonyl (C=O) groups excluding carboxylic acids is 1. The summed E-state index contributed by atoms with van der Waals surface area (Å²) in [6.45, 7) is 4.46. The zero-order valence-electron chi connectivity index (χ0n) is 10.8. The molecule has 0 aliphatic rings. The third-order valence-electron chi connectivity index (χ3n) is 2.98. The molecule has 0 radical (unpaired) electrons. The van der Waals surface area contributed by atoms with Crippen molar-refractivity contribution in [3.63, 3.8) is 0 Å². The van der Waals surface area contributed by atoms with Crippen LogP contribution in [-0.2, 0) is 9.53 Å². The highest BCUT2D eigenvalue weighted by Crippen LogP contribution is 2.15. The Hall–Kier alpha value is -1.35. The average molecular weight is 235 g/mol. The average Bonchev–Trinajstić information content (AvgIpc) is 2.39. The molecule has 0 aromatic heterocycles. The molecule has 3 heteroatoms. The molecule has 1 aromatic rings. The van der Waals surface area contributed by atoms with Gasteiger partial charge < -0.3 is 10.1 Å². The molecule has 0 saturated carbocycles. The summed E-state index contributed by atoms with van der Waals surface area (Å²) in [5, 5.41) is 2.92. The maximum absolute atomic E-state index is 11.7. The topological polar surface area (TPSA) is 38.3 Å². The van der Waals surface area contributed by atoms with E-state index in [-0.39, 0.29) is 17.9 Å². The standard InChI is InChI=1S/C14H21NO2/c1-4-11(2)14(16)15-10-13(17-3)12-8-6-5-7-9-12/h5-9,11,13H,4,10H2,1-3H3,(H,15,16)/t11-,13+/m0/s1. The van der Waals surface area contributed by atoms with E-state index in [0.29, 0.717) is 6.54 Å². The minimum Gasteiger partial charge on any atom is -0.375 e. The first-order valence-electron chi connectivity index (χ1n) is 6.04. The number of rotatable bonds is 6. The molecule has 0 aliphatic carbocycles. The van der Waals surface area contributed by atoms with Gasteiger partial charge in [-0.2, -0.15) is 0 Å². The fourth-order valence-corrected chi connectivity index (χ4v) is 1.56. The Morgan fingerprint density at radius 3 is 2.53 bits per heavy atom. The minimum absolute atomic E-state index is 0.0586. The lowest BCUT2D eigenvalue weighted by molar-refractivity contribution is -0.125. The first-order chi connectivity index (χ1) is 8.19. The van der Waals surface area contributed by atoms with E-state index in [4.69, 9.17) is 4.74 Å². The molecule has 0 saturated heterocycles. The fourth-order valence-electron chi connectivity index (χ4n) is 1.56. The zero-order chi connectivity index (χ0) is 12.7. The van der Waals surface area contributed by atoms with Gasteiger partial charge in [0.15, 0.2) is 0 Å². The molecule has 0 unspecified atom stereocenters. The molecule has 0 bridgehead atoms. The summed E-state index contributed by atoms with van der Waals surface area (Å²) in [5.74, 6) is 0.147. The highest BCUT2D eigenvalue weighted by Gasteiger charge is 2.14. The predicted molar refractivity (Wildman–Crippen MR) is 68.7 cm³/mol. The maximum Gasteiger partial charge on any atom is 0.222 e. The van der Waals surface area contributed by atoms with Gasteiger partial charge in [0.2, 0.25) is 5.91 Å². The number of amides is 1. The van der Waals surface area contributed by atoms with Crippen molar-refractivity contribution in [2.24, 2.45) is 5.92 Å². The lowest BCUT2D eigenvalue weighted by Crippen LogP contribution is -2.33. The summed E-state index contributed by atoms with van der Waals surface area (Å²) >= 11 is 0. The van der Waals surface area contributed by atoms with E-state index < -0.39 is 0 Å². The summed E-state index contributed by atoms with van der Waals surface area (Å²) in [6.07, 6.45) is 0.777. The van der Waals surface area contributed by atoms with Crippen LogP contribution >= 0.6 is 0 Å². The summed E-state index contributed by atoms with van der Waals surface area (Å²) in [6, 6.07) is 9.91. The molecule has 1 aromatic carbocycles. The first-order valence-corrected chi connectivity index (χ1v) is 6.04. The molecule has 0 spiro atoms. The van der Waals surface area contributed by atoms with Crippen LogP contribution in [0.3, 0.4) is 0 Å². The van der Waals surface area contributed by atoms with Crippen molar-refractivity contribution in [2.45, 2.75) is 26.4 Å². The molecule has 1 N–H and O–H groups in total. The zero-order valence-corrected chi connectivity index (χ0v) is 10.8. The molecule has 1 amide bonds. The smallest absolute Gasteiger partial charge is 0.222 e. The van der Waals surface area contributed by atoms with Crippen LogP contribution in [0.5, 0.6) is 0 Å². The monoisotopic (exact) mass is 235 g/mol. The molecule has 2 atom stereocenters. The van der Waals surface area contributed by atoms with Crippen molar-refractivity contribution in [3.8, 4) is 0 Å². The third kappa shape index (κ3) is 4.19. The van der Waals surface area contributed by atoms with Crippen LogP contribution in [0.25, 0.3) is 0 Å². The molecule has 3 nitrogen and oxygen atoms in total. The quantitative estimate of drug-likeness (QED) is 0.823. The SMILES string of the molecule is CC[C@H](C)C(=O)NC[C@@H](OC)c1ccccc1. The Balaban J connectivity index is 2.51. The van der Waals surface area contributed by atoms with Crippen molar-refractivity contribution in [1.29, 1.82) is 0 Å². The van der Waals surface area contributed by atoms with Crippen LogP contribution in [0.1, 0.15) is 31.9 Å². The number of benzene rings is 1. The largest absolute Gasteiger partial charge is 0.375 e. The molecule has 0 heterocycles. The van der Waals surface area contributed by atoms with Gasteiger partial charge in [0, 0.05) is 19.6 Å². The molecule has 94 valence electrons. The molecular weight excluding hydrogens is 214 g/mol.